The number of para-hydroxylation sites is 1. The third kappa shape index (κ3) is 3.94. The molecule has 2 amide bonds. The van der Waals surface area contributed by atoms with E-state index in [4.69, 9.17) is 0 Å². The standard InChI is InChI=1S/C23H27N3O2/c1-17-6-2-4-8-20(17)23(28)24-19-11-13-25(14-12-19)16-22(27)26-15-10-18-7-3-5-9-21(18)26/h2-9,19H,10-16H2,1H3,(H,24,28). The summed E-state index contributed by atoms with van der Waals surface area (Å²) in [5.74, 6) is 0.175. The van der Waals surface area contributed by atoms with Crippen molar-refractivity contribution in [2.45, 2.75) is 32.2 Å². The van der Waals surface area contributed by atoms with E-state index in [1.807, 2.05) is 54.3 Å². The number of hydrogen-bond donors (Lipinski definition) is 1. The largest absolute Gasteiger partial charge is 0.349 e. The minimum Gasteiger partial charge on any atom is -0.349 e. The highest BCUT2D eigenvalue weighted by Crippen LogP contribution is 2.27. The van der Waals surface area contributed by atoms with Crippen LogP contribution in [0, 0.1) is 6.92 Å². The molecule has 1 fully saturated rings. The number of benzene rings is 2. The molecule has 5 heteroatoms. The summed E-state index contributed by atoms with van der Waals surface area (Å²) in [6, 6.07) is 16.0. The number of likely N-dealkylation sites (tertiary alicyclic amines) is 1. The number of piperidine rings is 1. The molecule has 0 saturated carbocycles. The van der Waals surface area contributed by atoms with Crippen LogP contribution in [0.3, 0.4) is 0 Å². The average Bonchev–Trinajstić information content (AvgIpc) is 3.14. The fourth-order valence-electron chi connectivity index (χ4n) is 4.20. The first kappa shape index (κ1) is 18.7. The first-order valence-corrected chi connectivity index (χ1v) is 10.1. The average molecular weight is 377 g/mol. The SMILES string of the molecule is Cc1ccccc1C(=O)NC1CCN(CC(=O)N2CCc3ccccc32)CC1. The van der Waals surface area contributed by atoms with E-state index in [-0.39, 0.29) is 17.9 Å². The quantitative estimate of drug-likeness (QED) is 0.891. The molecule has 2 aromatic rings. The fourth-order valence-corrected chi connectivity index (χ4v) is 4.20. The molecule has 4 rings (SSSR count). The van der Waals surface area contributed by atoms with Gasteiger partial charge in [0.2, 0.25) is 5.91 Å². The number of anilines is 1. The summed E-state index contributed by atoms with van der Waals surface area (Å²) in [5, 5.41) is 3.16. The van der Waals surface area contributed by atoms with Gasteiger partial charge in [-0.15, -0.1) is 0 Å². The predicted octanol–water partition coefficient (Wildman–Crippen LogP) is 2.78. The molecular formula is C23H27N3O2. The Morgan fingerprint density at radius 3 is 2.50 bits per heavy atom. The van der Waals surface area contributed by atoms with Crippen LogP contribution in [0.4, 0.5) is 5.69 Å². The lowest BCUT2D eigenvalue weighted by molar-refractivity contribution is -0.119. The molecule has 0 radical (unpaired) electrons. The minimum absolute atomic E-state index is 0.00120. The highest BCUT2D eigenvalue weighted by atomic mass is 16.2. The van der Waals surface area contributed by atoms with Crippen LogP contribution < -0.4 is 10.2 Å². The number of hydrogen-bond acceptors (Lipinski definition) is 3. The summed E-state index contributed by atoms with van der Waals surface area (Å²) < 4.78 is 0. The topological polar surface area (TPSA) is 52.7 Å². The maximum Gasteiger partial charge on any atom is 0.251 e. The molecule has 2 aliphatic heterocycles. The Bertz CT molecular complexity index is 872. The van der Waals surface area contributed by atoms with Gasteiger partial charge in [-0.25, -0.2) is 0 Å². The molecule has 0 aromatic heterocycles. The lowest BCUT2D eigenvalue weighted by Crippen LogP contribution is -2.48. The Balaban J connectivity index is 1.27. The second-order valence-electron chi connectivity index (χ2n) is 7.76. The van der Waals surface area contributed by atoms with Crippen molar-refractivity contribution < 1.29 is 9.59 Å². The van der Waals surface area contributed by atoms with Crippen LogP contribution in [0.2, 0.25) is 0 Å². The zero-order valence-corrected chi connectivity index (χ0v) is 16.4. The summed E-state index contributed by atoms with van der Waals surface area (Å²) in [5.41, 5.74) is 4.06. The third-order valence-electron chi connectivity index (χ3n) is 5.86. The van der Waals surface area contributed by atoms with Crippen molar-refractivity contribution in [1.82, 2.24) is 10.2 Å². The molecule has 2 aromatic carbocycles. The van der Waals surface area contributed by atoms with E-state index >= 15 is 0 Å². The van der Waals surface area contributed by atoms with Crippen LogP contribution in [0.5, 0.6) is 0 Å². The van der Waals surface area contributed by atoms with Crippen molar-refractivity contribution >= 4 is 17.5 Å². The van der Waals surface area contributed by atoms with E-state index in [1.54, 1.807) is 0 Å². The van der Waals surface area contributed by atoms with E-state index in [2.05, 4.69) is 16.3 Å². The molecule has 28 heavy (non-hydrogen) atoms. The van der Waals surface area contributed by atoms with Crippen LogP contribution >= 0.6 is 0 Å². The number of carbonyl (C=O) groups excluding carboxylic acids is 2. The number of amides is 2. The van der Waals surface area contributed by atoms with Gasteiger partial charge in [-0.1, -0.05) is 36.4 Å². The fraction of sp³-hybridized carbons (Fsp3) is 0.391. The van der Waals surface area contributed by atoms with Crippen LogP contribution in [0.15, 0.2) is 48.5 Å². The van der Waals surface area contributed by atoms with Gasteiger partial charge in [0, 0.05) is 36.9 Å². The maximum absolute atomic E-state index is 12.8. The van der Waals surface area contributed by atoms with E-state index in [9.17, 15) is 9.59 Å². The number of carbonyl (C=O) groups is 2. The highest BCUT2D eigenvalue weighted by Gasteiger charge is 2.28. The number of fused-ring (bicyclic) bond motifs is 1. The lowest BCUT2D eigenvalue weighted by atomic mass is 10.0. The van der Waals surface area contributed by atoms with E-state index in [1.165, 1.54) is 5.56 Å². The summed E-state index contributed by atoms with van der Waals surface area (Å²) in [6.07, 6.45) is 2.69. The van der Waals surface area contributed by atoms with E-state index < -0.39 is 0 Å². The molecule has 1 saturated heterocycles. The molecule has 5 nitrogen and oxygen atoms in total. The molecule has 0 unspecified atom stereocenters. The first-order valence-electron chi connectivity index (χ1n) is 10.1. The van der Waals surface area contributed by atoms with Crippen molar-refractivity contribution in [2.75, 3.05) is 31.1 Å². The molecule has 0 bridgehead atoms. The summed E-state index contributed by atoms with van der Waals surface area (Å²) in [7, 11) is 0. The maximum atomic E-state index is 12.8. The number of rotatable bonds is 4. The van der Waals surface area contributed by atoms with Crippen LogP contribution in [-0.2, 0) is 11.2 Å². The van der Waals surface area contributed by atoms with Gasteiger partial charge in [0.15, 0.2) is 0 Å². The van der Waals surface area contributed by atoms with E-state index in [0.29, 0.717) is 6.54 Å². The molecule has 2 aliphatic rings. The Labute approximate surface area is 166 Å². The number of nitrogens with one attached hydrogen (secondary N) is 1. The molecule has 2 heterocycles. The Morgan fingerprint density at radius 1 is 1.00 bits per heavy atom. The molecular weight excluding hydrogens is 350 g/mol. The molecule has 146 valence electrons. The van der Waals surface area contributed by atoms with Crippen molar-refractivity contribution in [1.29, 1.82) is 0 Å². The Kier molecular flexibility index (Phi) is 5.44. The normalized spacial score (nSPS) is 17.4. The van der Waals surface area contributed by atoms with Crippen LogP contribution in [0.25, 0.3) is 0 Å². The van der Waals surface area contributed by atoms with Crippen molar-refractivity contribution in [3.63, 3.8) is 0 Å². The van der Waals surface area contributed by atoms with Crippen LogP contribution in [0.1, 0.15) is 34.3 Å². The van der Waals surface area contributed by atoms with Crippen molar-refractivity contribution in [2.24, 2.45) is 0 Å². The lowest BCUT2D eigenvalue weighted by Gasteiger charge is -2.33. The van der Waals surface area contributed by atoms with Gasteiger partial charge in [0.1, 0.15) is 0 Å². The van der Waals surface area contributed by atoms with Gasteiger partial charge in [-0.2, -0.15) is 0 Å². The van der Waals surface area contributed by atoms with E-state index in [0.717, 1.165) is 55.7 Å². The van der Waals surface area contributed by atoms with Gasteiger partial charge in [0.25, 0.3) is 5.91 Å². The zero-order chi connectivity index (χ0) is 19.5. The molecule has 0 atom stereocenters. The van der Waals surface area contributed by atoms with Gasteiger partial charge in [-0.05, 0) is 49.4 Å². The Morgan fingerprint density at radius 2 is 1.71 bits per heavy atom. The van der Waals surface area contributed by atoms with Gasteiger partial charge in [-0.3, -0.25) is 14.5 Å². The third-order valence-corrected chi connectivity index (χ3v) is 5.86. The predicted molar refractivity (Wildman–Crippen MR) is 111 cm³/mol. The summed E-state index contributed by atoms with van der Waals surface area (Å²) in [6.45, 7) is 4.85. The van der Waals surface area contributed by atoms with Gasteiger partial charge in [0.05, 0.1) is 6.54 Å². The molecule has 0 aliphatic carbocycles. The summed E-state index contributed by atoms with van der Waals surface area (Å²) in [4.78, 5) is 29.4. The summed E-state index contributed by atoms with van der Waals surface area (Å²) >= 11 is 0. The smallest absolute Gasteiger partial charge is 0.251 e. The second kappa shape index (κ2) is 8.15. The first-order chi connectivity index (χ1) is 13.6. The second-order valence-corrected chi connectivity index (χ2v) is 7.76. The number of nitrogens with zero attached hydrogens (tertiary/aromatic N) is 2. The molecule has 1 N–H and O–H groups in total. The highest BCUT2D eigenvalue weighted by molar-refractivity contribution is 5.97. The van der Waals surface area contributed by atoms with Gasteiger partial charge < -0.3 is 10.2 Å². The van der Waals surface area contributed by atoms with Crippen LogP contribution in [-0.4, -0.2) is 48.9 Å². The van der Waals surface area contributed by atoms with Gasteiger partial charge >= 0.3 is 0 Å². The minimum atomic E-state index is 0.00120. The monoisotopic (exact) mass is 377 g/mol. The van der Waals surface area contributed by atoms with Crippen molar-refractivity contribution in [3.05, 3.63) is 65.2 Å². The Hall–Kier alpha value is -2.66. The molecule has 0 spiro atoms. The van der Waals surface area contributed by atoms with Crippen molar-refractivity contribution in [3.8, 4) is 0 Å². The zero-order valence-electron chi connectivity index (χ0n) is 16.4. The number of aryl methyl sites for hydroxylation is 1.